The van der Waals surface area contributed by atoms with Gasteiger partial charge in [0, 0.05) is 0 Å². The van der Waals surface area contributed by atoms with Crippen LogP contribution in [0.3, 0.4) is 0 Å². The number of phenolic OH excluding ortho intramolecular Hbond substituents is 1. The van der Waals surface area contributed by atoms with Crippen molar-refractivity contribution in [3.8, 4) is 5.75 Å². The number of benzene rings is 2. The molecule has 1 N–H and O–H groups in total. The van der Waals surface area contributed by atoms with Crippen molar-refractivity contribution in [3.63, 3.8) is 0 Å². The van der Waals surface area contributed by atoms with Crippen molar-refractivity contribution in [2.45, 2.75) is 13.3 Å². The van der Waals surface area contributed by atoms with E-state index in [-0.39, 0.29) is 34.3 Å². The van der Waals surface area contributed by atoms with Crippen molar-refractivity contribution in [1.82, 2.24) is 0 Å². The number of nitrogens with zero attached hydrogens (tertiary/aromatic N) is 1. The summed E-state index contributed by atoms with van der Waals surface area (Å²) in [5.41, 5.74) is 0.907. The molecule has 0 saturated heterocycles. The Hall–Kier alpha value is -2.86. The number of aromatic hydroxyl groups is 1. The van der Waals surface area contributed by atoms with Gasteiger partial charge in [-0.15, -0.1) is 0 Å². The summed E-state index contributed by atoms with van der Waals surface area (Å²) in [6.07, 6.45) is 0.100. The number of halogens is 1. The Labute approximate surface area is 148 Å². The van der Waals surface area contributed by atoms with E-state index in [2.05, 4.69) is 0 Å². The maximum absolute atomic E-state index is 12.6. The van der Waals surface area contributed by atoms with E-state index in [0.717, 1.165) is 4.90 Å². The van der Waals surface area contributed by atoms with Gasteiger partial charge in [0.1, 0.15) is 5.75 Å². The highest BCUT2D eigenvalue weighted by molar-refractivity contribution is 6.42. The van der Waals surface area contributed by atoms with E-state index in [0.29, 0.717) is 17.9 Å². The predicted octanol–water partition coefficient (Wildman–Crippen LogP) is 2.95. The number of fused-ring (bicyclic) bond motifs is 1. The van der Waals surface area contributed by atoms with Crippen LogP contribution in [0.5, 0.6) is 5.75 Å². The van der Waals surface area contributed by atoms with Crippen LogP contribution < -0.4 is 4.90 Å². The average molecular weight is 360 g/mol. The number of rotatable bonds is 4. The van der Waals surface area contributed by atoms with E-state index in [9.17, 15) is 19.5 Å². The van der Waals surface area contributed by atoms with Crippen molar-refractivity contribution < 1.29 is 24.2 Å². The van der Waals surface area contributed by atoms with Crippen LogP contribution in [0.4, 0.5) is 5.69 Å². The molecule has 1 aliphatic heterocycles. The van der Waals surface area contributed by atoms with Crippen LogP contribution >= 0.6 is 11.6 Å². The molecule has 25 heavy (non-hydrogen) atoms. The fourth-order valence-corrected chi connectivity index (χ4v) is 2.92. The number of hydrogen-bond acceptors (Lipinski definition) is 5. The fourth-order valence-electron chi connectivity index (χ4n) is 2.68. The second-order valence-electron chi connectivity index (χ2n) is 5.41. The van der Waals surface area contributed by atoms with Crippen LogP contribution in [0.15, 0.2) is 36.4 Å². The lowest BCUT2D eigenvalue weighted by molar-refractivity contribution is -0.142. The Bertz CT molecular complexity index is 835. The number of amides is 2. The van der Waals surface area contributed by atoms with Crippen LogP contribution in [0, 0.1) is 0 Å². The van der Waals surface area contributed by atoms with Crippen LogP contribution in [-0.2, 0) is 16.0 Å². The highest BCUT2D eigenvalue weighted by Gasteiger charge is 2.40. The minimum atomic E-state index is -0.641. The van der Waals surface area contributed by atoms with E-state index in [1.807, 2.05) is 0 Å². The molecule has 1 aliphatic rings. The Morgan fingerprint density at radius 2 is 1.72 bits per heavy atom. The molecule has 0 fully saturated rings. The lowest BCUT2D eigenvalue weighted by Gasteiger charge is -2.14. The summed E-state index contributed by atoms with van der Waals surface area (Å²) in [4.78, 5) is 37.6. The molecule has 2 aromatic carbocycles. The Kier molecular flexibility index (Phi) is 4.46. The van der Waals surface area contributed by atoms with Gasteiger partial charge < -0.3 is 9.84 Å². The number of ether oxygens (including phenoxy) is 1. The van der Waals surface area contributed by atoms with Gasteiger partial charge in [-0.25, -0.2) is 4.90 Å². The van der Waals surface area contributed by atoms with Gasteiger partial charge in [-0.2, -0.15) is 0 Å². The molecule has 7 heteroatoms. The lowest BCUT2D eigenvalue weighted by atomic mass is 10.1. The van der Waals surface area contributed by atoms with Crippen molar-refractivity contribution >= 4 is 35.1 Å². The van der Waals surface area contributed by atoms with Gasteiger partial charge in [0.25, 0.3) is 11.8 Å². The molecule has 3 rings (SSSR count). The highest BCUT2D eigenvalue weighted by atomic mass is 35.5. The summed E-state index contributed by atoms with van der Waals surface area (Å²) in [6.45, 7) is 2.03. The smallest absolute Gasteiger partial charge is 0.310 e. The zero-order chi connectivity index (χ0) is 18.1. The number of carbonyl (C=O) groups is 3. The molecule has 2 aromatic rings. The fraction of sp³-hybridized carbons (Fsp3) is 0.167. The Morgan fingerprint density at radius 3 is 2.32 bits per heavy atom. The molecule has 0 atom stereocenters. The van der Waals surface area contributed by atoms with Gasteiger partial charge in [-0.1, -0.05) is 23.7 Å². The second-order valence-corrected chi connectivity index (χ2v) is 5.82. The largest absolute Gasteiger partial charge is 0.507 e. The van der Waals surface area contributed by atoms with Gasteiger partial charge in [0.05, 0.1) is 34.9 Å². The molecule has 0 bridgehead atoms. The molecule has 0 unspecified atom stereocenters. The van der Waals surface area contributed by atoms with E-state index >= 15 is 0 Å². The summed E-state index contributed by atoms with van der Waals surface area (Å²) in [6, 6.07) is 9.03. The first-order valence-electron chi connectivity index (χ1n) is 7.58. The minimum absolute atomic E-state index is 0.0118. The van der Waals surface area contributed by atoms with Gasteiger partial charge >= 0.3 is 5.97 Å². The first-order valence-corrected chi connectivity index (χ1v) is 7.96. The molecule has 1 heterocycles. The molecule has 0 aliphatic carbocycles. The number of carbonyl (C=O) groups excluding carboxylic acids is 3. The normalized spacial score (nSPS) is 13.1. The molecular formula is C18H14ClNO5. The van der Waals surface area contributed by atoms with Crippen molar-refractivity contribution in [2.75, 3.05) is 11.5 Å². The molecule has 0 spiro atoms. The number of anilines is 1. The Morgan fingerprint density at radius 1 is 1.08 bits per heavy atom. The topological polar surface area (TPSA) is 83.9 Å². The van der Waals surface area contributed by atoms with Crippen molar-refractivity contribution in [3.05, 3.63) is 58.1 Å². The van der Waals surface area contributed by atoms with Gasteiger partial charge in [-0.05, 0) is 36.8 Å². The van der Waals surface area contributed by atoms with E-state index in [1.165, 1.54) is 12.1 Å². The first-order chi connectivity index (χ1) is 11.9. The molecule has 0 aromatic heterocycles. The third-order valence-electron chi connectivity index (χ3n) is 3.81. The van der Waals surface area contributed by atoms with Crippen LogP contribution in [0.1, 0.15) is 33.2 Å². The number of imide groups is 1. The van der Waals surface area contributed by atoms with Crippen LogP contribution in [-0.4, -0.2) is 29.5 Å². The van der Waals surface area contributed by atoms with E-state index in [4.69, 9.17) is 16.3 Å². The number of hydrogen-bond donors (Lipinski definition) is 1. The van der Waals surface area contributed by atoms with Gasteiger partial charge in [0.2, 0.25) is 0 Å². The minimum Gasteiger partial charge on any atom is -0.507 e. The van der Waals surface area contributed by atoms with Crippen LogP contribution in [0.2, 0.25) is 5.02 Å². The quantitative estimate of drug-likeness (QED) is 0.670. The highest BCUT2D eigenvalue weighted by Crippen LogP contribution is 2.37. The predicted molar refractivity (Wildman–Crippen MR) is 91.0 cm³/mol. The summed E-state index contributed by atoms with van der Waals surface area (Å²) in [5, 5.41) is 10.00. The maximum atomic E-state index is 12.6. The zero-order valence-electron chi connectivity index (χ0n) is 13.3. The number of esters is 1. The molecule has 0 saturated carbocycles. The summed E-state index contributed by atoms with van der Waals surface area (Å²) >= 11 is 6.00. The summed E-state index contributed by atoms with van der Waals surface area (Å²) in [7, 11) is 0. The molecule has 6 nitrogen and oxygen atoms in total. The Balaban J connectivity index is 1.90. The zero-order valence-corrected chi connectivity index (χ0v) is 14.0. The number of phenols is 1. The second kappa shape index (κ2) is 6.57. The average Bonchev–Trinajstić information content (AvgIpc) is 2.84. The standard InChI is InChI=1S/C18H14ClNO5/c1-2-25-14(22)9-10-3-5-11(6-4-10)20-17(23)15-12(19)7-8-13(21)16(15)18(20)24/h3-8,21H,2,9H2,1H3. The third kappa shape index (κ3) is 2.96. The lowest BCUT2D eigenvalue weighted by Crippen LogP contribution is -2.29. The maximum Gasteiger partial charge on any atom is 0.310 e. The molecular weight excluding hydrogens is 346 g/mol. The van der Waals surface area contributed by atoms with Crippen molar-refractivity contribution in [2.24, 2.45) is 0 Å². The molecule has 0 radical (unpaired) electrons. The monoisotopic (exact) mass is 359 g/mol. The third-order valence-corrected chi connectivity index (χ3v) is 4.13. The first kappa shape index (κ1) is 17.0. The molecule has 128 valence electrons. The summed E-state index contributed by atoms with van der Waals surface area (Å²) in [5.74, 6) is -1.89. The van der Waals surface area contributed by atoms with Crippen LogP contribution in [0.25, 0.3) is 0 Å². The van der Waals surface area contributed by atoms with E-state index < -0.39 is 11.8 Å². The van der Waals surface area contributed by atoms with E-state index in [1.54, 1.807) is 31.2 Å². The van der Waals surface area contributed by atoms with Gasteiger partial charge in [0.15, 0.2) is 0 Å². The van der Waals surface area contributed by atoms with Crippen molar-refractivity contribution in [1.29, 1.82) is 0 Å². The SMILES string of the molecule is CCOC(=O)Cc1ccc(N2C(=O)c3c(O)ccc(Cl)c3C2=O)cc1. The van der Waals surface area contributed by atoms with Gasteiger partial charge in [-0.3, -0.25) is 14.4 Å². The molecule has 2 amide bonds. The summed E-state index contributed by atoms with van der Waals surface area (Å²) < 4.78 is 4.88.